The average Bonchev–Trinajstić information content (AvgIpc) is 3.71. The van der Waals surface area contributed by atoms with Crippen LogP contribution in [0.25, 0.3) is 0 Å². The number of nitriles is 1. The molecule has 8 heteroatoms. The number of hydrogen-bond acceptors (Lipinski definition) is 7. The number of rotatable bonds is 9. The van der Waals surface area contributed by atoms with Gasteiger partial charge in [0.2, 0.25) is 5.91 Å². The van der Waals surface area contributed by atoms with Gasteiger partial charge in [-0.1, -0.05) is 12.1 Å². The molecular weight excluding hydrogens is 432 g/mol. The van der Waals surface area contributed by atoms with Crippen LogP contribution in [-0.2, 0) is 16.1 Å². The molecule has 1 unspecified atom stereocenters. The van der Waals surface area contributed by atoms with E-state index in [2.05, 4.69) is 11.0 Å². The zero-order valence-corrected chi connectivity index (χ0v) is 20.1. The molecule has 0 N–H and O–H groups in total. The minimum absolute atomic E-state index is 0.0295. The first-order chi connectivity index (χ1) is 16.5. The molecule has 0 radical (unpaired) electrons. The summed E-state index contributed by atoms with van der Waals surface area (Å²) in [6.45, 7) is 4.74. The SMILES string of the molecule is COCCC(=O)N1CCN(c2nc(C3CC3)c(OCc3ccc(OC)cc3)cc2C#N)CC1C. The maximum absolute atomic E-state index is 12.5. The van der Waals surface area contributed by atoms with Crippen LogP contribution in [0.5, 0.6) is 11.5 Å². The molecule has 1 atom stereocenters. The molecule has 1 saturated carbocycles. The van der Waals surface area contributed by atoms with E-state index in [9.17, 15) is 10.1 Å². The van der Waals surface area contributed by atoms with Crippen molar-refractivity contribution in [1.29, 1.82) is 5.26 Å². The van der Waals surface area contributed by atoms with Gasteiger partial charge in [-0.05, 0) is 37.5 Å². The Morgan fingerprint density at radius 2 is 1.97 bits per heavy atom. The van der Waals surface area contributed by atoms with Crippen molar-refractivity contribution in [1.82, 2.24) is 9.88 Å². The van der Waals surface area contributed by atoms with Crippen LogP contribution in [0.3, 0.4) is 0 Å². The van der Waals surface area contributed by atoms with Crippen molar-refractivity contribution in [3.05, 3.63) is 47.2 Å². The monoisotopic (exact) mass is 464 g/mol. The summed E-state index contributed by atoms with van der Waals surface area (Å²) in [6.07, 6.45) is 2.54. The molecule has 2 fully saturated rings. The van der Waals surface area contributed by atoms with Crippen LogP contribution in [-0.4, -0.2) is 62.3 Å². The van der Waals surface area contributed by atoms with Crippen LogP contribution in [0.2, 0.25) is 0 Å². The fourth-order valence-electron chi connectivity index (χ4n) is 4.32. The van der Waals surface area contributed by atoms with Gasteiger partial charge in [0.25, 0.3) is 0 Å². The number of amides is 1. The number of anilines is 1. The van der Waals surface area contributed by atoms with Crippen LogP contribution in [0.1, 0.15) is 48.9 Å². The van der Waals surface area contributed by atoms with Gasteiger partial charge < -0.3 is 24.0 Å². The van der Waals surface area contributed by atoms with Gasteiger partial charge in [-0.2, -0.15) is 5.26 Å². The molecule has 1 saturated heterocycles. The van der Waals surface area contributed by atoms with Crippen molar-refractivity contribution in [2.24, 2.45) is 0 Å². The van der Waals surface area contributed by atoms with E-state index in [4.69, 9.17) is 19.2 Å². The van der Waals surface area contributed by atoms with E-state index in [0.717, 1.165) is 29.8 Å². The van der Waals surface area contributed by atoms with Crippen molar-refractivity contribution < 1.29 is 19.0 Å². The molecule has 1 aliphatic carbocycles. The number of hydrogen-bond donors (Lipinski definition) is 0. The van der Waals surface area contributed by atoms with E-state index < -0.39 is 0 Å². The fourth-order valence-corrected chi connectivity index (χ4v) is 4.32. The number of carbonyl (C=O) groups excluding carboxylic acids is 1. The Morgan fingerprint density at radius 3 is 2.59 bits per heavy atom. The molecule has 0 bridgehead atoms. The Kier molecular flexibility index (Phi) is 7.53. The zero-order valence-electron chi connectivity index (χ0n) is 20.1. The van der Waals surface area contributed by atoms with Crippen LogP contribution in [0, 0.1) is 11.3 Å². The van der Waals surface area contributed by atoms with Gasteiger partial charge in [0.1, 0.15) is 30.0 Å². The predicted octanol–water partition coefficient (Wildman–Crippen LogP) is 3.49. The predicted molar refractivity (Wildman–Crippen MR) is 128 cm³/mol. The number of benzene rings is 1. The molecule has 2 aliphatic rings. The van der Waals surface area contributed by atoms with E-state index in [1.54, 1.807) is 14.2 Å². The second-order valence-corrected chi connectivity index (χ2v) is 8.89. The molecular formula is C26H32N4O4. The van der Waals surface area contributed by atoms with Gasteiger partial charge in [-0.25, -0.2) is 4.98 Å². The van der Waals surface area contributed by atoms with E-state index in [1.807, 2.05) is 42.2 Å². The lowest BCUT2D eigenvalue weighted by Crippen LogP contribution is -2.54. The van der Waals surface area contributed by atoms with Gasteiger partial charge in [-0.15, -0.1) is 0 Å². The first-order valence-electron chi connectivity index (χ1n) is 11.8. The van der Waals surface area contributed by atoms with Crippen LogP contribution in [0.4, 0.5) is 5.82 Å². The number of nitrogens with zero attached hydrogens (tertiary/aromatic N) is 4. The smallest absolute Gasteiger partial charge is 0.225 e. The summed E-state index contributed by atoms with van der Waals surface area (Å²) < 4.78 is 16.4. The van der Waals surface area contributed by atoms with E-state index >= 15 is 0 Å². The molecule has 180 valence electrons. The maximum Gasteiger partial charge on any atom is 0.225 e. The highest BCUT2D eigenvalue weighted by Crippen LogP contribution is 2.45. The molecule has 8 nitrogen and oxygen atoms in total. The summed E-state index contributed by atoms with van der Waals surface area (Å²) in [4.78, 5) is 21.5. The highest BCUT2D eigenvalue weighted by atomic mass is 16.5. The zero-order chi connectivity index (χ0) is 24.1. The molecule has 2 aromatic rings. The van der Waals surface area contributed by atoms with E-state index in [0.29, 0.717) is 62.3 Å². The highest BCUT2D eigenvalue weighted by Gasteiger charge is 2.33. The second-order valence-electron chi connectivity index (χ2n) is 8.89. The maximum atomic E-state index is 12.5. The number of piperazine rings is 1. The standard InChI is InChI=1S/C26H32N4O4/c1-18-16-29(11-12-30(18)24(31)10-13-32-2)26-21(15-27)14-23(25(28-26)20-6-7-20)34-17-19-4-8-22(33-3)9-5-19/h4-5,8-9,14,18,20H,6-7,10-13,16-17H2,1-3H3. The van der Waals surface area contributed by atoms with Crippen LogP contribution in [0.15, 0.2) is 30.3 Å². The molecule has 34 heavy (non-hydrogen) atoms. The first kappa shape index (κ1) is 23.8. The Bertz CT molecular complexity index is 1050. The van der Waals surface area contributed by atoms with E-state index in [-0.39, 0.29) is 11.9 Å². The number of aromatic nitrogens is 1. The molecule has 1 amide bonds. The number of methoxy groups -OCH3 is 2. The third kappa shape index (κ3) is 5.42. The van der Waals surface area contributed by atoms with Crippen molar-refractivity contribution in [2.75, 3.05) is 45.4 Å². The fraction of sp³-hybridized carbons (Fsp3) is 0.500. The minimum Gasteiger partial charge on any atom is -0.497 e. The van der Waals surface area contributed by atoms with Gasteiger partial charge in [0.05, 0.1) is 31.4 Å². The van der Waals surface area contributed by atoms with E-state index in [1.165, 1.54) is 0 Å². The molecule has 1 aromatic heterocycles. The van der Waals surface area contributed by atoms with Gasteiger partial charge in [-0.3, -0.25) is 4.79 Å². The number of pyridine rings is 1. The lowest BCUT2D eigenvalue weighted by atomic mass is 10.1. The Balaban J connectivity index is 1.51. The highest BCUT2D eigenvalue weighted by molar-refractivity contribution is 5.77. The van der Waals surface area contributed by atoms with Crippen LogP contribution < -0.4 is 14.4 Å². The van der Waals surface area contributed by atoms with Gasteiger partial charge in [0, 0.05) is 44.8 Å². The Hall–Kier alpha value is -3.31. The van der Waals surface area contributed by atoms with Gasteiger partial charge in [0.15, 0.2) is 0 Å². The van der Waals surface area contributed by atoms with Crippen molar-refractivity contribution in [2.45, 2.75) is 44.8 Å². The molecule has 1 aromatic carbocycles. The summed E-state index contributed by atoms with van der Waals surface area (Å²) in [5, 5.41) is 9.90. The summed E-state index contributed by atoms with van der Waals surface area (Å²) >= 11 is 0. The normalized spacial score (nSPS) is 17.9. The van der Waals surface area contributed by atoms with Crippen molar-refractivity contribution >= 4 is 11.7 Å². The second kappa shape index (κ2) is 10.7. The lowest BCUT2D eigenvalue weighted by molar-refractivity contribution is -0.134. The quantitative estimate of drug-likeness (QED) is 0.561. The Morgan fingerprint density at radius 1 is 1.21 bits per heavy atom. The molecule has 2 heterocycles. The topological polar surface area (TPSA) is 87.9 Å². The van der Waals surface area contributed by atoms with Gasteiger partial charge >= 0.3 is 0 Å². The third-order valence-corrected chi connectivity index (χ3v) is 6.40. The Labute approximate surface area is 201 Å². The lowest BCUT2D eigenvalue weighted by Gasteiger charge is -2.40. The summed E-state index contributed by atoms with van der Waals surface area (Å²) in [6, 6.07) is 11.9. The third-order valence-electron chi connectivity index (χ3n) is 6.40. The first-order valence-corrected chi connectivity index (χ1v) is 11.8. The molecule has 4 rings (SSSR count). The summed E-state index contributed by atoms with van der Waals surface area (Å²) in [5.74, 6) is 2.64. The largest absolute Gasteiger partial charge is 0.497 e. The number of carbonyl (C=O) groups is 1. The summed E-state index contributed by atoms with van der Waals surface area (Å²) in [5.41, 5.74) is 2.45. The minimum atomic E-state index is 0.0295. The summed E-state index contributed by atoms with van der Waals surface area (Å²) in [7, 11) is 3.25. The van der Waals surface area contributed by atoms with Crippen LogP contribution >= 0.6 is 0 Å². The average molecular weight is 465 g/mol. The number of ether oxygens (including phenoxy) is 3. The molecule has 1 aliphatic heterocycles. The molecule has 0 spiro atoms. The van der Waals surface area contributed by atoms with Crippen molar-refractivity contribution in [3.8, 4) is 17.6 Å². The van der Waals surface area contributed by atoms with Crippen molar-refractivity contribution in [3.63, 3.8) is 0 Å².